The van der Waals surface area contributed by atoms with Gasteiger partial charge in [0.2, 0.25) is 0 Å². The van der Waals surface area contributed by atoms with Gasteiger partial charge in [0.1, 0.15) is 21.9 Å². The Morgan fingerprint density at radius 2 is 1.90 bits per heavy atom. The first kappa shape index (κ1) is 21.1. The van der Waals surface area contributed by atoms with Gasteiger partial charge in [-0.25, -0.2) is 4.79 Å². The predicted octanol–water partition coefficient (Wildman–Crippen LogP) is 4.12. The summed E-state index contributed by atoms with van der Waals surface area (Å²) in [6.07, 6.45) is 0.844. The number of carbonyl (C=O) groups is 3. The minimum atomic E-state index is -1.34. The lowest BCUT2D eigenvalue weighted by atomic mass is 10.1. The average Bonchev–Trinajstić information content (AvgIpc) is 3.22. The Balaban J connectivity index is 1.81. The van der Waals surface area contributed by atoms with Crippen molar-refractivity contribution in [1.82, 2.24) is 4.90 Å². The molecule has 1 unspecified atom stereocenters. The van der Waals surface area contributed by atoms with E-state index in [9.17, 15) is 19.5 Å². The molecule has 1 aliphatic rings. The van der Waals surface area contributed by atoms with Crippen LogP contribution in [0, 0.1) is 0 Å². The van der Waals surface area contributed by atoms with Gasteiger partial charge in [-0.15, -0.1) is 0 Å². The summed E-state index contributed by atoms with van der Waals surface area (Å²) in [7, 11) is 0. The molecule has 1 aliphatic heterocycles. The molecule has 0 bridgehead atoms. The molecule has 0 saturated carbocycles. The minimum absolute atomic E-state index is 0.0588. The van der Waals surface area contributed by atoms with Crippen LogP contribution in [0.4, 0.5) is 0 Å². The van der Waals surface area contributed by atoms with Crippen molar-refractivity contribution in [2.24, 2.45) is 0 Å². The van der Waals surface area contributed by atoms with Crippen LogP contribution in [0.1, 0.15) is 18.6 Å². The Bertz CT molecular complexity index is 1010. The van der Waals surface area contributed by atoms with E-state index >= 15 is 0 Å². The van der Waals surface area contributed by atoms with Crippen molar-refractivity contribution >= 4 is 63.8 Å². The van der Waals surface area contributed by atoms with Crippen LogP contribution >= 0.6 is 35.6 Å². The fraction of sp³-hybridized carbons (Fsp3) is 0.158. The maximum Gasteiger partial charge on any atom is 0.326 e. The van der Waals surface area contributed by atoms with E-state index in [-0.39, 0.29) is 15.6 Å². The maximum atomic E-state index is 12.7. The summed E-state index contributed by atoms with van der Waals surface area (Å²) >= 11 is 12.0. The quantitative estimate of drug-likeness (QED) is 0.478. The zero-order chi connectivity index (χ0) is 21.1. The Labute approximate surface area is 179 Å². The first-order valence-corrected chi connectivity index (χ1v) is 9.94. The molecule has 0 spiro atoms. The van der Waals surface area contributed by atoms with E-state index in [2.05, 4.69) is 0 Å². The summed E-state index contributed by atoms with van der Waals surface area (Å²) in [5.74, 6) is -2.09. The third-order valence-electron chi connectivity index (χ3n) is 4.08. The number of furan rings is 1. The van der Waals surface area contributed by atoms with Crippen molar-refractivity contribution in [3.8, 4) is 11.3 Å². The summed E-state index contributed by atoms with van der Waals surface area (Å²) in [6, 6.07) is 9.12. The van der Waals surface area contributed by atoms with Gasteiger partial charge in [0.15, 0.2) is 0 Å². The first-order chi connectivity index (χ1) is 13.8. The van der Waals surface area contributed by atoms with Gasteiger partial charge >= 0.3 is 11.9 Å². The van der Waals surface area contributed by atoms with Crippen molar-refractivity contribution in [2.45, 2.75) is 18.9 Å². The molecule has 0 radical (unpaired) electrons. The van der Waals surface area contributed by atoms with Crippen LogP contribution in [0.3, 0.4) is 0 Å². The van der Waals surface area contributed by atoms with Gasteiger partial charge in [0, 0.05) is 23.1 Å². The van der Waals surface area contributed by atoms with Gasteiger partial charge in [-0.2, -0.15) is 0 Å². The average molecular weight is 452 g/mol. The van der Waals surface area contributed by atoms with E-state index in [1.807, 2.05) is 0 Å². The number of thiocarbonyl (C=S) groups is 1. The number of aliphatic carboxylic acids is 2. The third kappa shape index (κ3) is 4.87. The highest BCUT2D eigenvalue weighted by atomic mass is 35.5. The molecule has 3 rings (SSSR count). The Hall–Kier alpha value is -2.62. The van der Waals surface area contributed by atoms with Gasteiger partial charge < -0.3 is 14.6 Å². The molecular formula is C19H14ClNO6S2. The highest BCUT2D eigenvalue weighted by Crippen LogP contribution is 2.35. The number of carbonyl (C=O) groups excluding carboxylic acids is 1. The number of carboxylic acids is 2. The molecule has 29 heavy (non-hydrogen) atoms. The van der Waals surface area contributed by atoms with Crippen LogP contribution in [0.25, 0.3) is 17.4 Å². The van der Waals surface area contributed by atoms with Gasteiger partial charge in [0.25, 0.3) is 5.91 Å². The van der Waals surface area contributed by atoms with Crippen LogP contribution in [0.5, 0.6) is 0 Å². The van der Waals surface area contributed by atoms with E-state index < -0.39 is 30.3 Å². The van der Waals surface area contributed by atoms with E-state index in [1.165, 1.54) is 6.08 Å². The van der Waals surface area contributed by atoms with E-state index in [0.717, 1.165) is 22.2 Å². The molecule has 1 atom stereocenters. The smallest absolute Gasteiger partial charge is 0.326 e. The molecule has 2 heterocycles. The molecule has 2 N–H and O–H groups in total. The zero-order valence-electron chi connectivity index (χ0n) is 14.7. The summed E-state index contributed by atoms with van der Waals surface area (Å²) < 4.78 is 5.80. The van der Waals surface area contributed by atoms with Crippen molar-refractivity contribution in [3.05, 3.63) is 52.1 Å². The van der Waals surface area contributed by atoms with Crippen molar-refractivity contribution in [1.29, 1.82) is 0 Å². The normalized spacial score (nSPS) is 16.4. The predicted molar refractivity (Wildman–Crippen MR) is 112 cm³/mol. The topological polar surface area (TPSA) is 108 Å². The number of carboxylic acid groups (broad SMARTS) is 2. The number of hydrogen-bond acceptors (Lipinski definition) is 6. The van der Waals surface area contributed by atoms with E-state index in [1.54, 1.807) is 36.4 Å². The Kier molecular flexibility index (Phi) is 6.41. The lowest BCUT2D eigenvalue weighted by Crippen LogP contribution is -2.44. The van der Waals surface area contributed by atoms with E-state index in [0.29, 0.717) is 16.5 Å². The summed E-state index contributed by atoms with van der Waals surface area (Å²) in [5, 5.41) is 18.8. The minimum Gasteiger partial charge on any atom is -0.481 e. The van der Waals surface area contributed by atoms with Gasteiger partial charge in [-0.1, -0.05) is 35.6 Å². The number of amides is 1. The number of rotatable bonds is 7. The molecule has 0 aliphatic carbocycles. The van der Waals surface area contributed by atoms with Crippen LogP contribution in [0.15, 0.2) is 45.7 Å². The molecule has 7 nitrogen and oxygen atoms in total. The number of benzene rings is 1. The summed E-state index contributed by atoms with van der Waals surface area (Å²) in [6.45, 7) is 0. The fourth-order valence-electron chi connectivity index (χ4n) is 2.70. The summed E-state index contributed by atoms with van der Waals surface area (Å²) in [4.78, 5) is 36.2. The largest absolute Gasteiger partial charge is 0.481 e. The molecule has 1 aromatic heterocycles. The van der Waals surface area contributed by atoms with Crippen molar-refractivity contribution in [2.75, 3.05) is 0 Å². The van der Waals surface area contributed by atoms with E-state index in [4.69, 9.17) is 33.3 Å². The SMILES string of the molecule is O=C(O)CCC(C(=O)O)N1C(=O)C(=Cc2ccc(-c3ccc(Cl)cc3)o2)SC1=S. The highest BCUT2D eigenvalue weighted by molar-refractivity contribution is 8.26. The molecule has 1 amide bonds. The molecular weight excluding hydrogens is 438 g/mol. The third-order valence-corrected chi connectivity index (χ3v) is 5.66. The maximum absolute atomic E-state index is 12.7. The van der Waals surface area contributed by atoms with Crippen LogP contribution in [-0.2, 0) is 14.4 Å². The molecule has 2 aromatic rings. The molecule has 150 valence electrons. The zero-order valence-corrected chi connectivity index (χ0v) is 17.1. The standard InChI is InChI=1S/C19H14ClNO6S2/c20-11-3-1-10(2-4-11)14-7-5-12(27-14)9-15-17(24)21(19(28)29-15)13(18(25)26)6-8-16(22)23/h1-5,7,9,13H,6,8H2,(H,22,23)(H,25,26). The number of hydrogen-bond donors (Lipinski definition) is 2. The molecule has 1 aromatic carbocycles. The van der Waals surface area contributed by atoms with Crippen molar-refractivity contribution in [3.63, 3.8) is 0 Å². The van der Waals surface area contributed by atoms with Gasteiger partial charge in [-0.3, -0.25) is 14.5 Å². The molecule has 10 heteroatoms. The van der Waals surface area contributed by atoms with Gasteiger partial charge in [-0.05, 0) is 42.8 Å². The van der Waals surface area contributed by atoms with Gasteiger partial charge in [0.05, 0.1) is 4.91 Å². The van der Waals surface area contributed by atoms with Crippen LogP contribution < -0.4 is 0 Å². The van der Waals surface area contributed by atoms with Crippen molar-refractivity contribution < 1.29 is 29.0 Å². The lowest BCUT2D eigenvalue weighted by molar-refractivity contribution is -0.146. The summed E-state index contributed by atoms with van der Waals surface area (Å²) in [5.41, 5.74) is 0.807. The lowest BCUT2D eigenvalue weighted by Gasteiger charge is -2.22. The Morgan fingerprint density at radius 3 is 2.52 bits per heavy atom. The number of nitrogens with zero attached hydrogens (tertiary/aromatic N) is 1. The van der Waals surface area contributed by atoms with Crippen LogP contribution in [0.2, 0.25) is 5.02 Å². The van der Waals surface area contributed by atoms with Crippen LogP contribution in [-0.4, -0.2) is 43.3 Å². The second-order valence-corrected chi connectivity index (χ2v) is 8.16. The second-order valence-electron chi connectivity index (χ2n) is 6.05. The Morgan fingerprint density at radius 1 is 1.21 bits per heavy atom. The number of halogens is 1. The monoisotopic (exact) mass is 451 g/mol. The molecule has 1 fully saturated rings. The number of thioether (sulfide) groups is 1. The fourth-order valence-corrected chi connectivity index (χ4v) is 4.16. The highest BCUT2D eigenvalue weighted by Gasteiger charge is 2.40. The second kappa shape index (κ2) is 8.81. The first-order valence-electron chi connectivity index (χ1n) is 8.33. The molecule has 1 saturated heterocycles.